The lowest BCUT2D eigenvalue weighted by Gasteiger charge is -1.97. The van der Waals surface area contributed by atoms with E-state index in [0.717, 1.165) is 42.1 Å². The molecule has 0 fully saturated rings. The average Bonchev–Trinajstić information content (AvgIpc) is 2.88. The van der Waals surface area contributed by atoms with Crippen LogP contribution in [0.25, 0.3) is 11.3 Å². The minimum Gasteiger partial charge on any atom is -0.330 e. The van der Waals surface area contributed by atoms with Gasteiger partial charge in [0, 0.05) is 10.9 Å². The number of nitrogens with zero attached hydrogens (tertiary/aromatic N) is 2. The zero-order valence-electron chi connectivity index (χ0n) is 10.1. The Kier molecular flexibility index (Phi) is 4.46. The topological polar surface area (TPSA) is 62.7 Å². The minimum absolute atomic E-state index is 0.671. The Balaban J connectivity index is 2.11. The molecular formula is C14H15N3S. The molecule has 1 aromatic heterocycles. The summed E-state index contributed by atoms with van der Waals surface area (Å²) >= 11 is 1.67. The first-order chi connectivity index (χ1) is 8.83. The molecule has 0 spiro atoms. The summed E-state index contributed by atoms with van der Waals surface area (Å²) in [5.74, 6) is 0. The van der Waals surface area contributed by atoms with E-state index in [9.17, 15) is 0 Å². The fraction of sp³-hybridized carbons (Fsp3) is 0.286. The molecule has 0 saturated carbocycles. The molecule has 1 aromatic carbocycles. The van der Waals surface area contributed by atoms with Crippen LogP contribution in [0.4, 0.5) is 0 Å². The number of aromatic nitrogens is 1. The van der Waals surface area contributed by atoms with Crippen molar-refractivity contribution < 1.29 is 0 Å². The van der Waals surface area contributed by atoms with Crippen LogP contribution in [-0.4, -0.2) is 11.5 Å². The first kappa shape index (κ1) is 12.7. The van der Waals surface area contributed by atoms with Crippen LogP contribution in [0.5, 0.6) is 0 Å². The summed E-state index contributed by atoms with van der Waals surface area (Å²) in [7, 11) is 0. The molecule has 0 aliphatic heterocycles. The van der Waals surface area contributed by atoms with Crippen LogP contribution in [0.2, 0.25) is 0 Å². The van der Waals surface area contributed by atoms with Gasteiger partial charge < -0.3 is 5.73 Å². The first-order valence-electron chi connectivity index (χ1n) is 5.98. The van der Waals surface area contributed by atoms with Gasteiger partial charge in [0.1, 0.15) is 0 Å². The highest BCUT2D eigenvalue weighted by molar-refractivity contribution is 7.09. The van der Waals surface area contributed by atoms with Crippen LogP contribution in [-0.2, 0) is 6.42 Å². The zero-order valence-corrected chi connectivity index (χ0v) is 10.9. The molecule has 0 atom stereocenters. The highest BCUT2D eigenvalue weighted by Gasteiger charge is 2.05. The highest BCUT2D eigenvalue weighted by atomic mass is 32.1. The summed E-state index contributed by atoms with van der Waals surface area (Å²) in [6, 6.07) is 9.70. The quantitative estimate of drug-likeness (QED) is 0.838. The normalized spacial score (nSPS) is 10.2. The third-order valence-electron chi connectivity index (χ3n) is 2.68. The first-order valence-corrected chi connectivity index (χ1v) is 6.86. The Bertz CT molecular complexity index is 554. The van der Waals surface area contributed by atoms with Crippen LogP contribution in [0.1, 0.15) is 23.4 Å². The van der Waals surface area contributed by atoms with Crippen LogP contribution in [0, 0.1) is 11.3 Å². The molecule has 2 aromatic rings. The Hall–Kier alpha value is -1.70. The van der Waals surface area contributed by atoms with E-state index in [0.29, 0.717) is 5.56 Å². The maximum atomic E-state index is 8.88. The molecule has 0 aliphatic rings. The summed E-state index contributed by atoms with van der Waals surface area (Å²) in [4.78, 5) is 4.60. The van der Waals surface area contributed by atoms with Crippen molar-refractivity contribution >= 4 is 11.3 Å². The van der Waals surface area contributed by atoms with Gasteiger partial charge in [-0.05, 0) is 37.9 Å². The van der Waals surface area contributed by atoms with Crippen LogP contribution < -0.4 is 5.73 Å². The molecule has 0 radical (unpaired) electrons. The molecule has 0 saturated heterocycles. The Morgan fingerprint density at radius 3 is 3.00 bits per heavy atom. The summed E-state index contributed by atoms with van der Waals surface area (Å²) in [6.07, 6.45) is 3.11. The van der Waals surface area contributed by atoms with E-state index in [2.05, 4.69) is 11.1 Å². The monoisotopic (exact) mass is 257 g/mol. The predicted molar refractivity (Wildman–Crippen MR) is 74.3 cm³/mol. The molecule has 0 aliphatic carbocycles. The molecule has 18 heavy (non-hydrogen) atoms. The maximum absolute atomic E-state index is 8.88. The van der Waals surface area contributed by atoms with Crippen LogP contribution in [0.15, 0.2) is 29.6 Å². The van der Waals surface area contributed by atoms with Crippen molar-refractivity contribution in [3.05, 3.63) is 40.2 Å². The van der Waals surface area contributed by atoms with Gasteiger partial charge in [0.25, 0.3) is 0 Å². The fourth-order valence-corrected chi connectivity index (χ4v) is 2.58. The summed E-state index contributed by atoms with van der Waals surface area (Å²) < 4.78 is 0. The molecule has 2 rings (SSSR count). The van der Waals surface area contributed by atoms with Crippen molar-refractivity contribution in [1.82, 2.24) is 4.98 Å². The Morgan fingerprint density at radius 2 is 2.22 bits per heavy atom. The number of rotatable bonds is 5. The van der Waals surface area contributed by atoms with Gasteiger partial charge in [0.2, 0.25) is 0 Å². The molecule has 0 unspecified atom stereocenters. The number of hydrogen-bond donors (Lipinski definition) is 1. The molecule has 4 heteroatoms. The lowest BCUT2D eigenvalue weighted by molar-refractivity contribution is 0.742. The second-order valence-corrected chi connectivity index (χ2v) is 5.01. The molecule has 2 N–H and O–H groups in total. The second kappa shape index (κ2) is 6.29. The number of nitriles is 1. The van der Waals surface area contributed by atoms with Crippen LogP contribution in [0.3, 0.4) is 0 Å². The van der Waals surface area contributed by atoms with Crippen molar-refractivity contribution in [2.24, 2.45) is 5.73 Å². The maximum Gasteiger partial charge on any atom is 0.0991 e. The number of aryl methyl sites for hydroxylation is 1. The molecule has 3 nitrogen and oxygen atoms in total. The van der Waals surface area contributed by atoms with Crippen molar-refractivity contribution in [1.29, 1.82) is 5.26 Å². The lowest BCUT2D eigenvalue weighted by Crippen LogP contribution is -1.98. The summed E-state index contributed by atoms with van der Waals surface area (Å²) in [5.41, 5.74) is 8.11. The standard InChI is InChI=1S/C14H15N3S/c15-7-2-1-6-14-17-13(10-18-14)12-5-3-4-11(8-12)9-16/h3-5,8,10H,1-2,6-7,15H2. The number of thiazole rings is 1. The van der Waals surface area contributed by atoms with Gasteiger partial charge in [-0.3, -0.25) is 0 Å². The van der Waals surface area contributed by atoms with E-state index in [1.807, 2.05) is 23.6 Å². The highest BCUT2D eigenvalue weighted by Crippen LogP contribution is 2.23. The van der Waals surface area contributed by atoms with Crippen molar-refractivity contribution in [3.63, 3.8) is 0 Å². The largest absolute Gasteiger partial charge is 0.330 e. The van der Waals surface area contributed by atoms with Crippen molar-refractivity contribution in [2.45, 2.75) is 19.3 Å². The van der Waals surface area contributed by atoms with Gasteiger partial charge in [-0.2, -0.15) is 5.26 Å². The van der Waals surface area contributed by atoms with Crippen molar-refractivity contribution in [3.8, 4) is 17.3 Å². The average molecular weight is 257 g/mol. The number of nitrogens with two attached hydrogens (primary N) is 1. The van der Waals surface area contributed by atoms with E-state index < -0.39 is 0 Å². The van der Waals surface area contributed by atoms with Gasteiger partial charge >= 0.3 is 0 Å². The van der Waals surface area contributed by atoms with E-state index in [1.165, 1.54) is 0 Å². The smallest absolute Gasteiger partial charge is 0.0991 e. The van der Waals surface area contributed by atoms with Crippen LogP contribution >= 0.6 is 11.3 Å². The number of hydrogen-bond acceptors (Lipinski definition) is 4. The SMILES string of the molecule is N#Cc1cccc(-c2csc(CCCCN)n2)c1. The van der Waals surface area contributed by atoms with E-state index >= 15 is 0 Å². The second-order valence-electron chi connectivity index (χ2n) is 4.06. The molecule has 92 valence electrons. The van der Waals surface area contributed by atoms with Gasteiger partial charge in [-0.1, -0.05) is 12.1 Å². The molecule has 0 bridgehead atoms. The van der Waals surface area contributed by atoms with Gasteiger partial charge in [-0.15, -0.1) is 11.3 Å². The lowest BCUT2D eigenvalue weighted by atomic mass is 10.1. The van der Waals surface area contributed by atoms with Gasteiger partial charge in [-0.25, -0.2) is 4.98 Å². The minimum atomic E-state index is 0.671. The third kappa shape index (κ3) is 3.16. The van der Waals surface area contributed by atoms with E-state index in [4.69, 9.17) is 11.0 Å². The number of unbranched alkanes of at least 4 members (excludes halogenated alkanes) is 1. The fourth-order valence-electron chi connectivity index (χ4n) is 1.73. The molecular weight excluding hydrogens is 242 g/mol. The zero-order chi connectivity index (χ0) is 12.8. The molecule has 1 heterocycles. The molecule has 0 amide bonds. The van der Waals surface area contributed by atoms with E-state index in [-0.39, 0.29) is 0 Å². The third-order valence-corrected chi connectivity index (χ3v) is 3.59. The van der Waals surface area contributed by atoms with Gasteiger partial charge in [0.15, 0.2) is 0 Å². The Labute approximate surface area is 111 Å². The Morgan fingerprint density at radius 1 is 1.33 bits per heavy atom. The number of benzene rings is 1. The van der Waals surface area contributed by atoms with Crippen molar-refractivity contribution in [2.75, 3.05) is 6.54 Å². The summed E-state index contributed by atoms with van der Waals surface area (Å²) in [6.45, 7) is 0.739. The summed E-state index contributed by atoms with van der Waals surface area (Å²) in [5, 5.41) is 12.1. The predicted octanol–water partition coefficient (Wildman–Crippen LogP) is 2.96. The van der Waals surface area contributed by atoms with Gasteiger partial charge in [0.05, 0.1) is 22.3 Å². The van der Waals surface area contributed by atoms with E-state index in [1.54, 1.807) is 17.4 Å².